The lowest BCUT2D eigenvalue weighted by Gasteiger charge is -2.00. The molecular weight excluding hydrogens is 252 g/mol. The van der Waals surface area contributed by atoms with Crippen molar-refractivity contribution in [2.75, 3.05) is 12.4 Å². The summed E-state index contributed by atoms with van der Waals surface area (Å²) in [5, 5.41) is 6.50. The maximum atomic E-state index is 11.8. The molecule has 0 unspecified atom stereocenters. The second-order valence-electron chi connectivity index (χ2n) is 3.72. The number of ether oxygens (including phenoxy) is 1. The van der Waals surface area contributed by atoms with Gasteiger partial charge in [0, 0.05) is 6.20 Å². The van der Waals surface area contributed by atoms with Gasteiger partial charge in [0.15, 0.2) is 6.39 Å². The van der Waals surface area contributed by atoms with Crippen LogP contribution in [-0.4, -0.2) is 33.8 Å². The van der Waals surface area contributed by atoms with E-state index in [0.717, 1.165) is 0 Å². The molecule has 2 heterocycles. The summed E-state index contributed by atoms with van der Waals surface area (Å²) in [6.45, 7) is 1.65. The van der Waals surface area contributed by atoms with Crippen LogP contribution in [0.2, 0.25) is 0 Å². The first-order valence-electron chi connectivity index (χ1n) is 5.41. The molecule has 2 aromatic rings. The molecule has 2 rings (SSSR count). The van der Waals surface area contributed by atoms with Crippen molar-refractivity contribution < 1.29 is 18.7 Å². The molecule has 8 nitrogen and oxygen atoms in total. The molecule has 0 atom stereocenters. The highest BCUT2D eigenvalue weighted by molar-refractivity contribution is 6.02. The topological polar surface area (TPSA) is 99.2 Å². The quantitative estimate of drug-likeness (QED) is 0.812. The zero-order valence-corrected chi connectivity index (χ0v) is 10.4. The predicted octanol–water partition coefficient (Wildman–Crippen LogP) is 0.605. The minimum Gasteiger partial charge on any atom is -0.468 e. The van der Waals surface area contributed by atoms with Crippen molar-refractivity contribution in [1.82, 2.24) is 14.8 Å². The van der Waals surface area contributed by atoms with E-state index in [2.05, 4.69) is 20.1 Å². The van der Waals surface area contributed by atoms with E-state index in [4.69, 9.17) is 4.42 Å². The molecule has 0 bridgehead atoms. The van der Waals surface area contributed by atoms with Crippen molar-refractivity contribution in [2.45, 2.75) is 13.5 Å². The Morgan fingerprint density at radius 2 is 2.32 bits per heavy atom. The average Bonchev–Trinajstić information content (AvgIpc) is 2.98. The molecule has 0 aromatic carbocycles. The molecule has 2 aromatic heterocycles. The Balaban J connectivity index is 2.02. The number of methoxy groups -OCH3 is 1. The molecule has 19 heavy (non-hydrogen) atoms. The zero-order chi connectivity index (χ0) is 13.8. The third kappa shape index (κ3) is 2.97. The number of rotatable bonds is 4. The van der Waals surface area contributed by atoms with Crippen LogP contribution in [0.5, 0.6) is 0 Å². The highest BCUT2D eigenvalue weighted by Gasteiger charge is 2.15. The summed E-state index contributed by atoms with van der Waals surface area (Å²) in [7, 11) is 1.29. The van der Waals surface area contributed by atoms with Crippen LogP contribution in [0.3, 0.4) is 0 Å². The minimum absolute atomic E-state index is 0.0201. The smallest absolute Gasteiger partial charge is 0.327 e. The van der Waals surface area contributed by atoms with E-state index in [1.807, 2.05) is 0 Å². The van der Waals surface area contributed by atoms with Crippen LogP contribution >= 0.6 is 0 Å². The Morgan fingerprint density at radius 3 is 2.95 bits per heavy atom. The number of nitrogens with one attached hydrogen (secondary N) is 1. The van der Waals surface area contributed by atoms with Gasteiger partial charge < -0.3 is 14.5 Å². The summed E-state index contributed by atoms with van der Waals surface area (Å²) in [6.07, 6.45) is 4.14. The Hall–Kier alpha value is -2.64. The third-order valence-electron chi connectivity index (χ3n) is 2.36. The number of aryl methyl sites for hydroxylation is 1. The van der Waals surface area contributed by atoms with E-state index < -0.39 is 11.9 Å². The number of carbonyl (C=O) groups is 2. The van der Waals surface area contributed by atoms with Crippen molar-refractivity contribution >= 4 is 17.6 Å². The number of carbonyl (C=O) groups excluding carboxylic acids is 2. The van der Waals surface area contributed by atoms with Gasteiger partial charge in [-0.05, 0) is 6.92 Å². The molecule has 0 spiro atoms. The van der Waals surface area contributed by atoms with E-state index in [9.17, 15) is 9.59 Å². The monoisotopic (exact) mass is 264 g/mol. The molecule has 100 valence electrons. The SMILES string of the molecule is COC(=O)Cn1cc(NC(=O)c2ocnc2C)cn1. The van der Waals surface area contributed by atoms with Gasteiger partial charge >= 0.3 is 5.97 Å². The van der Waals surface area contributed by atoms with E-state index in [1.54, 1.807) is 6.92 Å². The van der Waals surface area contributed by atoms with Gasteiger partial charge in [0.1, 0.15) is 6.54 Å². The van der Waals surface area contributed by atoms with Crippen molar-refractivity contribution in [3.05, 3.63) is 30.2 Å². The largest absolute Gasteiger partial charge is 0.468 e. The summed E-state index contributed by atoms with van der Waals surface area (Å²) in [5.74, 6) is -0.708. The maximum absolute atomic E-state index is 11.8. The van der Waals surface area contributed by atoms with Crippen LogP contribution in [0.25, 0.3) is 0 Å². The van der Waals surface area contributed by atoms with Crippen LogP contribution in [0.4, 0.5) is 5.69 Å². The lowest BCUT2D eigenvalue weighted by molar-refractivity contribution is -0.141. The van der Waals surface area contributed by atoms with Gasteiger partial charge in [-0.1, -0.05) is 0 Å². The van der Waals surface area contributed by atoms with Crippen LogP contribution in [-0.2, 0) is 16.1 Å². The molecule has 0 saturated heterocycles. The summed E-state index contributed by atoms with van der Waals surface area (Å²) in [6, 6.07) is 0. The van der Waals surface area contributed by atoms with E-state index in [0.29, 0.717) is 11.4 Å². The Labute approximate surface area is 108 Å². The number of hydrogen-bond acceptors (Lipinski definition) is 6. The van der Waals surface area contributed by atoms with Gasteiger partial charge in [-0.25, -0.2) is 4.98 Å². The molecule has 1 amide bonds. The van der Waals surface area contributed by atoms with Gasteiger partial charge in [0.25, 0.3) is 5.91 Å². The number of esters is 1. The average molecular weight is 264 g/mol. The Kier molecular flexibility index (Phi) is 3.60. The van der Waals surface area contributed by atoms with Gasteiger partial charge in [-0.15, -0.1) is 0 Å². The molecule has 0 aliphatic heterocycles. The molecule has 1 N–H and O–H groups in total. The van der Waals surface area contributed by atoms with Crippen molar-refractivity contribution in [3.63, 3.8) is 0 Å². The molecule has 0 aliphatic rings. The lowest BCUT2D eigenvalue weighted by Crippen LogP contribution is -2.13. The normalized spacial score (nSPS) is 10.2. The molecule has 0 fully saturated rings. The van der Waals surface area contributed by atoms with Gasteiger partial charge in [-0.3, -0.25) is 14.3 Å². The number of amides is 1. The Morgan fingerprint density at radius 1 is 1.53 bits per heavy atom. The molecule has 0 radical (unpaired) electrons. The Bertz CT molecular complexity index is 601. The van der Waals surface area contributed by atoms with Crippen molar-refractivity contribution in [3.8, 4) is 0 Å². The third-order valence-corrected chi connectivity index (χ3v) is 2.36. The number of hydrogen-bond donors (Lipinski definition) is 1. The van der Waals surface area contributed by atoms with E-state index in [-0.39, 0.29) is 12.3 Å². The fraction of sp³-hybridized carbons (Fsp3) is 0.273. The van der Waals surface area contributed by atoms with Crippen molar-refractivity contribution in [2.24, 2.45) is 0 Å². The van der Waals surface area contributed by atoms with Crippen LogP contribution in [0.15, 0.2) is 23.2 Å². The zero-order valence-electron chi connectivity index (χ0n) is 10.4. The fourth-order valence-corrected chi connectivity index (χ4v) is 1.42. The van der Waals surface area contributed by atoms with Gasteiger partial charge in [0.05, 0.1) is 24.7 Å². The van der Waals surface area contributed by atoms with Crippen LogP contribution in [0, 0.1) is 6.92 Å². The van der Waals surface area contributed by atoms with E-state index >= 15 is 0 Å². The first kappa shape index (κ1) is 12.8. The summed E-state index contributed by atoms with van der Waals surface area (Å²) < 4.78 is 10.8. The summed E-state index contributed by atoms with van der Waals surface area (Å²) in [5.41, 5.74) is 0.948. The van der Waals surface area contributed by atoms with E-state index in [1.165, 1.54) is 30.6 Å². The lowest BCUT2D eigenvalue weighted by atomic mass is 10.3. The van der Waals surface area contributed by atoms with Gasteiger partial charge in [-0.2, -0.15) is 5.10 Å². The second kappa shape index (κ2) is 5.34. The molecule has 0 aliphatic carbocycles. The number of oxazole rings is 1. The van der Waals surface area contributed by atoms with Crippen LogP contribution in [0.1, 0.15) is 16.2 Å². The van der Waals surface area contributed by atoms with Crippen molar-refractivity contribution in [1.29, 1.82) is 0 Å². The first-order chi connectivity index (χ1) is 9.10. The molecule has 8 heteroatoms. The van der Waals surface area contributed by atoms with Crippen LogP contribution < -0.4 is 5.32 Å². The predicted molar refractivity (Wildman–Crippen MR) is 63.4 cm³/mol. The maximum Gasteiger partial charge on any atom is 0.327 e. The number of aromatic nitrogens is 3. The molecular formula is C11H12N4O4. The standard InChI is InChI=1S/C11H12N4O4/c1-7-10(19-6-12-7)11(17)14-8-3-13-15(4-8)5-9(16)18-2/h3-4,6H,5H2,1-2H3,(H,14,17). The number of nitrogens with zero attached hydrogens (tertiary/aromatic N) is 3. The highest BCUT2D eigenvalue weighted by atomic mass is 16.5. The minimum atomic E-state index is -0.424. The summed E-state index contributed by atoms with van der Waals surface area (Å²) in [4.78, 5) is 26.7. The molecule has 0 saturated carbocycles. The highest BCUT2D eigenvalue weighted by Crippen LogP contribution is 2.10. The fourth-order valence-electron chi connectivity index (χ4n) is 1.42. The van der Waals surface area contributed by atoms with Gasteiger partial charge in [0.2, 0.25) is 5.76 Å². The first-order valence-corrected chi connectivity index (χ1v) is 5.41. The number of anilines is 1. The summed E-state index contributed by atoms with van der Waals surface area (Å²) >= 11 is 0. The second-order valence-corrected chi connectivity index (χ2v) is 3.72.